The second-order valence-electron chi connectivity index (χ2n) is 5.78. The molecule has 96 valence electrons. The van der Waals surface area contributed by atoms with Gasteiger partial charge in [-0.25, -0.2) is 0 Å². The highest BCUT2D eigenvalue weighted by molar-refractivity contribution is 5.54. The van der Waals surface area contributed by atoms with E-state index in [-0.39, 0.29) is 5.41 Å². The smallest absolute Gasteiger partial charge is 0.0393 e. The van der Waals surface area contributed by atoms with E-state index in [4.69, 9.17) is 0 Å². The van der Waals surface area contributed by atoms with Gasteiger partial charge in [-0.05, 0) is 36.6 Å². The summed E-state index contributed by atoms with van der Waals surface area (Å²) >= 11 is 0. The fraction of sp³-hybridized carbons (Fsp3) is 0.600. The van der Waals surface area contributed by atoms with Crippen molar-refractivity contribution in [2.45, 2.75) is 33.1 Å². The molecule has 0 aliphatic heterocycles. The van der Waals surface area contributed by atoms with Gasteiger partial charge in [0.05, 0.1) is 0 Å². The lowest BCUT2D eigenvalue weighted by molar-refractivity contribution is 0.589. The lowest BCUT2D eigenvalue weighted by Gasteiger charge is -2.25. The molecule has 0 atom stereocenters. The molecular weight excluding hydrogens is 208 g/mol. The normalized spacial score (nSPS) is 11.6. The monoisotopic (exact) mass is 234 g/mol. The first-order valence-electron chi connectivity index (χ1n) is 6.33. The van der Waals surface area contributed by atoms with Crippen molar-refractivity contribution in [3.8, 4) is 0 Å². The minimum Gasteiger partial charge on any atom is -0.373 e. The maximum absolute atomic E-state index is 3.18. The lowest BCUT2D eigenvalue weighted by atomic mass is 9.86. The molecule has 17 heavy (non-hydrogen) atoms. The van der Waals surface area contributed by atoms with Crippen molar-refractivity contribution < 1.29 is 0 Å². The van der Waals surface area contributed by atoms with E-state index in [2.05, 4.69) is 63.2 Å². The maximum atomic E-state index is 3.18. The maximum Gasteiger partial charge on any atom is 0.0393 e. The van der Waals surface area contributed by atoms with Gasteiger partial charge in [0.1, 0.15) is 0 Å². The first-order valence-corrected chi connectivity index (χ1v) is 6.33. The van der Waals surface area contributed by atoms with E-state index in [9.17, 15) is 0 Å². The van der Waals surface area contributed by atoms with Crippen molar-refractivity contribution in [3.05, 3.63) is 29.3 Å². The van der Waals surface area contributed by atoms with Gasteiger partial charge >= 0.3 is 0 Å². The fourth-order valence-corrected chi connectivity index (χ4v) is 1.95. The molecule has 0 heterocycles. The summed E-state index contributed by atoms with van der Waals surface area (Å²) in [6, 6.07) is 6.80. The van der Waals surface area contributed by atoms with Crippen LogP contribution in [0.3, 0.4) is 0 Å². The van der Waals surface area contributed by atoms with Gasteiger partial charge in [0.15, 0.2) is 0 Å². The molecule has 0 fully saturated rings. The molecule has 0 aliphatic rings. The topological polar surface area (TPSA) is 15.3 Å². The van der Waals surface area contributed by atoms with Crippen LogP contribution >= 0.6 is 0 Å². The number of anilines is 1. The van der Waals surface area contributed by atoms with E-state index in [0.29, 0.717) is 0 Å². The van der Waals surface area contributed by atoms with Gasteiger partial charge in [0, 0.05) is 25.8 Å². The summed E-state index contributed by atoms with van der Waals surface area (Å²) in [5, 5.41) is 3.18. The summed E-state index contributed by atoms with van der Waals surface area (Å²) in [5.74, 6) is 0. The summed E-state index contributed by atoms with van der Waals surface area (Å²) < 4.78 is 0. The van der Waals surface area contributed by atoms with Gasteiger partial charge in [-0.2, -0.15) is 0 Å². The van der Waals surface area contributed by atoms with Gasteiger partial charge < -0.3 is 10.2 Å². The molecule has 1 rings (SSSR count). The average molecular weight is 234 g/mol. The van der Waals surface area contributed by atoms with Crippen LogP contribution in [0.15, 0.2) is 18.2 Å². The van der Waals surface area contributed by atoms with Crippen molar-refractivity contribution in [2.24, 2.45) is 0 Å². The number of nitrogens with one attached hydrogen (secondary N) is 1. The Bertz CT molecular complexity index is 364. The van der Waals surface area contributed by atoms with Crippen molar-refractivity contribution in [3.63, 3.8) is 0 Å². The average Bonchev–Trinajstić information content (AvgIpc) is 2.24. The summed E-state index contributed by atoms with van der Waals surface area (Å²) in [5.41, 5.74) is 4.32. The molecule has 2 nitrogen and oxygen atoms in total. The van der Waals surface area contributed by atoms with E-state index in [1.807, 2.05) is 7.05 Å². The van der Waals surface area contributed by atoms with Crippen molar-refractivity contribution in [1.82, 2.24) is 5.32 Å². The zero-order valence-electron chi connectivity index (χ0n) is 12.1. The van der Waals surface area contributed by atoms with Crippen LogP contribution in [-0.4, -0.2) is 27.2 Å². The van der Waals surface area contributed by atoms with Crippen LogP contribution in [0, 0.1) is 6.92 Å². The Morgan fingerprint density at radius 3 is 2.35 bits per heavy atom. The Morgan fingerprint density at radius 1 is 1.24 bits per heavy atom. The number of likely N-dealkylation sites (N-methyl/N-ethyl adjacent to an activating group) is 2. The molecule has 0 spiro atoms. The van der Waals surface area contributed by atoms with Crippen LogP contribution < -0.4 is 10.2 Å². The Labute approximate surface area is 106 Å². The molecule has 0 aliphatic carbocycles. The summed E-state index contributed by atoms with van der Waals surface area (Å²) in [4.78, 5) is 2.30. The Kier molecular flexibility index (Phi) is 4.58. The molecule has 1 aromatic rings. The Hall–Kier alpha value is -1.02. The number of benzene rings is 1. The van der Waals surface area contributed by atoms with Crippen molar-refractivity contribution in [2.75, 3.05) is 32.1 Å². The highest BCUT2D eigenvalue weighted by atomic mass is 15.1. The lowest BCUT2D eigenvalue weighted by Crippen LogP contribution is -2.27. The van der Waals surface area contributed by atoms with Gasteiger partial charge in [0.25, 0.3) is 0 Å². The molecule has 1 aromatic carbocycles. The third-order valence-corrected chi connectivity index (χ3v) is 3.17. The van der Waals surface area contributed by atoms with Crippen molar-refractivity contribution >= 4 is 5.69 Å². The van der Waals surface area contributed by atoms with Crippen LogP contribution in [0.5, 0.6) is 0 Å². The van der Waals surface area contributed by atoms with E-state index in [0.717, 1.165) is 13.1 Å². The number of hydrogen-bond acceptors (Lipinski definition) is 2. The number of nitrogens with zero attached hydrogens (tertiary/aromatic N) is 1. The molecule has 2 heteroatoms. The predicted octanol–water partition coefficient (Wildman–Crippen LogP) is 2.95. The highest BCUT2D eigenvalue weighted by Gasteiger charge is 2.15. The molecule has 0 saturated heterocycles. The second-order valence-corrected chi connectivity index (χ2v) is 5.78. The van der Waals surface area contributed by atoms with Gasteiger partial charge in [-0.1, -0.05) is 32.9 Å². The second kappa shape index (κ2) is 5.54. The van der Waals surface area contributed by atoms with Crippen LogP contribution in [0.1, 0.15) is 31.9 Å². The van der Waals surface area contributed by atoms with Crippen LogP contribution in [0.4, 0.5) is 5.69 Å². The molecule has 0 bridgehead atoms. The Morgan fingerprint density at radius 2 is 1.88 bits per heavy atom. The zero-order valence-corrected chi connectivity index (χ0v) is 12.1. The molecule has 0 unspecified atom stereocenters. The van der Waals surface area contributed by atoms with Crippen LogP contribution in [0.2, 0.25) is 0 Å². The Balaban J connectivity index is 2.90. The number of aryl methyl sites for hydroxylation is 1. The minimum atomic E-state index is 0.229. The van der Waals surface area contributed by atoms with Gasteiger partial charge in [0.2, 0.25) is 0 Å². The quantitative estimate of drug-likeness (QED) is 0.861. The van der Waals surface area contributed by atoms with E-state index >= 15 is 0 Å². The van der Waals surface area contributed by atoms with E-state index < -0.39 is 0 Å². The number of rotatable bonds is 4. The third-order valence-electron chi connectivity index (χ3n) is 3.17. The largest absolute Gasteiger partial charge is 0.373 e. The third kappa shape index (κ3) is 3.74. The SMILES string of the molecule is CNCCN(C)c1ccc(C(C)(C)C)cc1C. The fourth-order valence-electron chi connectivity index (χ4n) is 1.95. The first kappa shape index (κ1) is 14.0. The van der Waals surface area contributed by atoms with Crippen LogP contribution in [0.25, 0.3) is 0 Å². The first-order chi connectivity index (χ1) is 7.86. The summed E-state index contributed by atoms with van der Waals surface area (Å²) in [7, 11) is 4.14. The standard InChI is InChI=1S/C15H26N2/c1-12-11-13(15(2,3)4)7-8-14(12)17(6)10-9-16-5/h7-8,11,16H,9-10H2,1-6H3. The molecular formula is C15H26N2. The zero-order chi connectivity index (χ0) is 13.1. The predicted molar refractivity (Wildman–Crippen MR) is 77.1 cm³/mol. The summed E-state index contributed by atoms with van der Waals surface area (Å²) in [6.07, 6.45) is 0. The minimum absolute atomic E-state index is 0.229. The van der Waals surface area contributed by atoms with Crippen LogP contribution in [-0.2, 0) is 5.41 Å². The number of hydrogen-bond donors (Lipinski definition) is 1. The van der Waals surface area contributed by atoms with E-state index in [1.54, 1.807) is 0 Å². The summed E-state index contributed by atoms with van der Waals surface area (Å²) in [6.45, 7) is 11.0. The van der Waals surface area contributed by atoms with E-state index in [1.165, 1.54) is 16.8 Å². The molecule has 1 N–H and O–H groups in total. The molecule has 0 radical (unpaired) electrons. The van der Waals surface area contributed by atoms with Gasteiger partial charge in [-0.15, -0.1) is 0 Å². The molecule has 0 aromatic heterocycles. The molecule has 0 saturated carbocycles. The van der Waals surface area contributed by atoms with Gasteiger partial charge in [-0.3, -0.25) is 0 Å². The van der Waals surface area contributed by atoms with Crippen molar-refractivity contribution in [1.29, 1.82) is 0 Å². The highest BCUT2D eigenvalue weighted by Crippen LogP contribution is 2.27. The molecule has 0 amide bonds.